The third kappa shape index (κ3) is 1.91. The van der Waals surface area contributed by atoms with E-state index in [0.29, 0.717) is 6.01 Å². The number of nitrogens with one attached hydrogen (secondary N) is 1. The van der Waals surface area contributed by atoms with E-state index >= 15 is 0 Å². The van der Waals surface area contributed by atoms with Gasteiger partial charge in [0.1, 0.15) is 5.76 Å². The van der Waals surface area contributed by atoms with Crippen LogP contribution in [0.25, 0.3) is 0 Å². The fourth-order valence-electron chi connectivity index (χ4n) is 2.20. The molecule has 1 aromatic rings. The zero-order chi connectivity index (χ0) is 9.97. The molecule has 1 N–H and O–H groups in total. The number of rotatable bonds is 3. The van der Waals surface area contributed by atoms with E-state index in [2.05, 4.69) is 10.3 Å². The molecule has 0 radical (unpaired) electrons. The number of aromatic nitrogens is 1. The second-order valence-electron chi connectivity index (χ2n) is 4.13. The zero-order valence-corrected chi connectivity index (χ0v) is 8.97. The van der Waals surface area contributed by atoms with Crippen LogP contribution >= 0.6 is 0 Å². The van der Waals surface area contributed by atoms with Crippen LogP contribution in [0.2, 0.25) is 0 Å². The number of nitrogens with zero attached hydrogens (tertiary/aromatic N) is 1. The number of anilines is 1. The molecule has 0 atom stereocenters. The van der Waals surface area contributed by atoms with Gasteiger partial charge in [-0.05, 0) is 12.8 Å². The summed E-state index contributed by atoms with van der Waals surface area (Å²) < 4.78 is 5.60. The Morgan fingerprint density at radius 1 is 1.43 bits per heavy atom. The summed E-state index contributed by atoms with van der Waals surface area (Å²) in [4.78, 5) is 4.29. The molecule has 0 aromatic carbocycles. The topological polar surface area (TPSA) is 38.1 Å². The zero-order valence-electron chi connectivity index (χ0n) is 8.97. The standard InChI is InChI=1S/C11H18N2O/c1-8-10(14-11(12-2)13-8)7-9-5-3-4-6-9/h9H,3-7H2,1-2H3,(H,12,13). The second kappa shape index (κ2) is 4.03. The highest BCUT2D eigenvalue weighted by Crippen LogP contribution is 2.29. The Balaban J connectivity index is 2.03. The van der Waals surface area contributed by atoms with Crippen LogP contribution in [-0.2, 0) is 6.42 Å². The average molecular weight is 194 g/mol. The number of oxazole rings is 1. The summed E-state index contributed by atoms with van der Waals surface area (Å²) >= 11 is 0. The summed E-state index contributed by atoms with van der Waals surface area (Å²) in [5, 5.41) is 2.94. The molecule has 0 bridgehead atoms. The van der Waals surface area contributed by atoms with E-state index < -0.39 is 0 Å². The van der Waals surface area contributed by atoms with Crippen LogP contribution in [0.3, 0.4) is 0 Å². The van der Waals surface area contributed by atoms with Crippen molar-refractivity contribution < 1.29 is 4.42 Å². The Hall–Kier alpha value is -0.990. The Morgan fingerprint density at radius 2 is 2.14 bits per heavy atom. The fraction of sp³-hybridized carbons (Fsp3) is 0.727. The molecule has 1 aromatic heterocycles. The summed E-state index contributed by atoms with van der Waals surface area (Å²) in [5.74, 6) is 1.90. The minimum atomic E-state index is 0.649. The van der Waals surface area contributed by atoms with Gasteiger partial charge in [-0.25, -0.2) is 0 Å². The van der Waals surface area contributed by atoms with Gasteiger partial charge >= 0.3 is 0 Å². The van der Waals surface area contributed by atoms with Crippen LogP contribution in [-0.4, -0.2) is 12.0 Å². The molecule has 1 aliphatic carbocycles. The van der Waals surface area contributed by atoms with Crippen molar-refractivity contribution in [2.45, 2.75) is 39.0 Å². The Kier molecular flexibility index (Phi) is 2.75. The van der Waals surface area contributed by atoms with Crippen molar-refractivity contribution in [1.29, 1.82) is 0 Å². The molecule has 1 heterocycles. The lowest BCUT2D eigenvalue weighted by Gasteiger charge is -2.05. The Bertz CT molecular complexity index is 300. The lowest BCUT2D eigenvalue weighted by atomic mass is 10.0. The first kappa shape index (κ1) is 9.56. The van der Waals surface area contributed by atoms with E-state index in [0.717, 1.165) is 23.8 Å². The van der Waals surface area contributed by atoms with Crippen molar-refractivity contribution >= 4 is 6.01 Å². The molecular weight excluding hydrogens is 176 g/mol. The molecule has 3 nitrogen and oxygen atoms in total. The van der Waals surface area contributed by atoms with Gasteiger partial charge in [0.05, 0.1) is 5.69 Å². The smallest absolute Gasteiger partial charge is 0.294 e. The van der Waals surface area contributed by atoms with Crippen LogP contribution in [0.15, 0.2) is 4.42 Å². The van der Waals surface area contributed by atoms with Gasteiger partial charge in [0, 0.05) is 13.5 Å². The van der Waals surface area contributed by atoms with Crippen molar-refractivity contribution in [3.8, 4) is 0 Å². The summed E-state index contributed by atoms with van der Waals surface area (Å²) in [5.41, 5.74) is 1.04. The van der Waals surface area contributed by atoms with Crippen molar-refractivity contribution in [3.05, 3.63) is 11.5 Å². The highest BCUT2D eigenvalue weighted by atomic mass is 16.4. The first-order chi connectivity index (χ1) is 6.79. The van der Waals surface area contributed by atoms with Gasteiger partial charge in [-0.3, -0.25) is 0 Å². The van der Waals surface area contributed by atoms with Crippen molar-refractivity contribution in [2.24, 2.45) is 5.92 Å². The summed E-state index contributed by atoms with van der Waals surface area (Å²) in [6.45, 7) is 2.02. The van der Waals surface area contributed by atoms with Gasteiger partial charge in [0.15, 0.2) is 0 Å². The molecule has 0 aliphatic heterocycles. The average Bonchev–Trinajstić information content (AvgIpc) is 2.78. The van der Waals surface area contributed by atoms with Gasteiger partial charge in [-0.1, -0.05) is 25.7 Å². The van der Waals surface area contributed by atoms with E-state index in [4.69, 9.17) is 4.42 Å². The van der Waals surface area contributed by atoms with E-state index in [1.54, 1.807) is 0 Å². The number of aryl methyl sites for hydroxylation is 1. The molecule has 1 fully saturated rings. The van der Waals surface area contributed by atoms with Gasteiger partial charge < -0.3 is 9.73 Å². The SMILES string of the molecule is CNc1nc(C)c(CC2CCCC2)o1. The molecule has 0 unspecified atom stereocenters. The lowest BCUT2D eigenvalue weighted by molar-refractivity contribution is 0.448. The van der Waals surface area contributed by atoms with Gasteiger partial charge in [0.25, 0.3) is 6.01 Å². The van der Waals surface area contributed by atoms with Crippen LogP contribution in [0, 0.1) is 12.8 Å². The maximum absolute atomic E-state index is 5.60. The minimum absolute atomic E-state index is 0.649. The third-order valence-electron chi connectivity index (χ3n) is 3.06. The van der Waals surface area contributed by atoms with E-state index in [9.17, 15) is 0 Å². The first-order valence-electron chi connectivity index (χ1n) is 5.43. The Labute approximate surface area is 84.9 Å². The van der Waals surface area contributed by atoms with Crippen LogP contribution in [0.1, 0.15) is 37.1 Å². The molecule has 14 heavy (non-hydrogen) atoms. The molecule has 0 amide bonds. The van der Waals surface area contributed by atoms with Crippen molar-refractivity contribution in [1.82, 2.24) is 4.98 Å². The molecule has 1 saturated carbocycles. The highest BCUT2D eigenvalue weighted by Gasteiger charge is 2.19. The van der Waals surface area contributed by atoms with Crippen molar-refractivity contribution in [2.75, 3.05) is 12.4 Å². The number of hydrogen-bond acceptors (Lipinski definition) is 3. The van der Waals surface area contributed by atoms with E-state index in [1.807, 2.05) is 14.0 Å². The molecule has 2 rings (SSSR count). The van der Waals surface area contributed by atoms with E-state index in [-0.39, 0.29) is 0 Å². The van der Waals surface area contributed by atoms with Crippen LogP contribution in [0.5, 0.6) is 0 Å². The van der Waals surface area contributed by atoms with Gasteiger partial charge in [0.2, 0.25) is 0 Å². The third-order valence-corrected chi connectivity index (χ3v) is 3.06. The summed E-state index contributed by atoms with van der Waals surface area (Å²) in [6, 6.07) is 0.649. The molecule has 0 saturated heterocycles. The quantitative estimate of drug-likeness (QED) is 0.804. The summed E-state index contributed by atoms with van der Waals surface area (Å²) in [6.07, 6.45) is 6.55. The van der Waals surface area contributed by atoms with E-state index in [1.165, 1.54) is 25.7 Å². The molecule has 3 heteroatoms. The fourth-order valence-corrected chi connectivity index (χ4v) is 2.20. The predicted molar refractivity (Wildman–Crippen MR) is 56.4 cm³/mol. The molecule has 1 aliphatic rings. The first-order valence-corrected chi connectivity index (χ1v) is 5.43. The molecule has 0 spiro atoms. The van der Waals surface area contributed by atoms with Crippen molar-refractivity contribution in [3.63, 3.8) is 0 Å². The maximum atomic E-state index is 5.60. The normalized spacial score (nSPS) is 17.6. The lowest BCUT2D eigenvalue weighted by Crippen LogP contribution is -1.98. The maximum Gasteiger partial charge on any atom is 0.294 e. The molecule has 78 valence electrons. The minimum Gasteiger partial charge on any atom is -0.428 e. The molecular formula is C11H18N2O. The van der Waals surface area contributed by atoms with Gasteiger partial charge in [-0.15, -0.1) is 0 Å². The second-order valence-corrected chi connectivity index (χ2v) is 4.13. The monoisotopic (exact) mass is 194 g/mol. The highest BCUT2D eigenvalue weighted by molar-refractivity contribution is 5.24. The number of hydrogen-bond donors (Lipinski definition) is 1. The van der Waals surface area contributed by atoms with Crippen LogP contribution in [0.4, 0.5) is 6.01 Å². The predicted octanol–water partition coefficient (Wildman–Crippen LogP) is 2.76. The Morgan fingerprint density at radius 3 is 2.71 bits per heavy atom. The summed E-state index contributed by atoms with van der Waals surface area (Å²) in [7, 11) is 1.84. The van der Waals surface area contributed by atoms with Crippen LogP contribution < -0.4 is 5.32 Å². The van der Waals surface area contributed by atoms with Gasteiger partial charge in [-0.2, -0.15) is 4.98 Å². The largest absolute Gasteiger partial charge is 0.428 e.